The van der Waals surface area contributed by atoms with Gasteiger partial charge in [0.2, 0.25) is 0 Å². The number of benzene rings is 2. The van der Waals surface area contributed by atoms with Gasteiger partial charge in [0.1, 0.15) is 0 Å². The van der Waals surface area contributed by atoms with E-state index in [2.05, 4.69) is 10.0 Å². The number of azide groups is 1. The summed E-state index contributed by atoms with van der Waals surface area (Å²) in [6, 6.07) is 18.5. The molecule has 4 nitrogen and oxygen atoms in total. The fraction of sp³-hybridized carbons (Fsp3) is 0.0667. The highest BCUT2D eigenvalue weighted by atomic mass is 31.2. The van der Waals surface area contributed by atoms with Crippen molar-refractivity contribution >= 4 is 17.8 Å². The van der Waals surface area contributed by atoms with Gasteiger partial charge in [0.05, 0.1) is 0 Å². The normalized spacial score (nSPS) is 11.8. The van der Waals surface area contributed by atoms with Gasteiger partial charge in [-0.1, -0.05) is 65.8 Å². The van der Waals surface area contributed by atoms with Gasteiger partial charge in [-0.25, -0.2) is 0 Å². The third kappa shape index (κ3) is 3.00. The zero-order valence-electron chi connectivity index (χ0n) is 11.0. The van der Waals surface area contributed by atoms with Crippen LogP contribution < -0.4 is 10.6 Å². The smallest absolute Gasteiger partial charge is 0.164 e. The van der Waals surface area contributed by atoms with Crippen LogP contribution in [0.3, 0.4) is 0 Å². The zero-order valence-corrected chi connectivity index (χ0v) is 11.9. The standard InChI is InChI=1S/C15H14N3OP/c1-13(17-18-16)12-20(19,14-8-4-2-5-9-14)15-10-6-3-7-11-15/h2-12H,1H3/b13-12-. The molecule has 2 aromatic rings. The molecule has 0 amide bonds. The van der Waals surface area contributed by atoms with E-state index < -0.39 is 7.14 Å². The Morgan fingerprint density at radius 3 is 1.90 bits per heavy atom. The van der Waals surface area contributed by atoms with Gasteiger partial charge in [0.25, 0.3) is 0 Å². The molecule has 2 aromatic carbocycles. The highest BCUT2D eigenvalue weighted by molar-refractivity contribution is 7.81. The first kappa shape index (κ1) is 14.1. The van der Waals surface area contributed by atoms with E-state index in [-0.39, 0.29) is 0 Å². The first-order valence-corrected chi connectivity index (χ1v) is 7.90. The van der Waals surface area contributed by atoms with Crippen molar-refractivity contribution in [1.29, 1.82) is 0 Å². The Hall–Kier alpha value is -2.28. The molecule has 0 aliphatic rings. The average Bonchev–Trinajstić information content (AvgIpc) is 2.49. The summed E-state index contributed by atoms with van der Waals surface area (Å²) in [4.78, 5) is 2.74. The van der Waals surface area contributed by atoms with Crippen LogP contribution in [0.25, 0.3) is 10.4 Å². The summed E-state index contributed by atoms with van der Waals surface area (Å²) in [6.07, 6.45) is 0. The number of rotatable bonds is 4. The number of nitrogens with zero attached hydrogens (tertiary/aromatic N) is 3. The second kappa shape index (κ2) is 6.25. The Labute approximate surface area is 117 Å². The highest BCUT2D eigenvalue weighted by Crippen LogP contribution is 2.46. The summed E-state index contributed by atoms with van der Waals surface area (Å²) in [6.45, 7) is 1.65. The molecule has 0 unspecified atom stereocenters. The molecule has 0 fully saturated rings. The maximum Gasteiger partial charge on any atom is 0.164 e. The van der Waals surface area contributed by atoms with Crippen LogP contribution in [0.4, 0.5) is 0 Å². The van der Waals surface area contributed by atoms with Crippen LogP contribution in [0.15, 0.2) is 77.3 Å². The van der Waals surface area contributed by atoms with Crippen molar-refractivity contribution in [3.63, 3.8) is 0 Å². The molecule has 0 aromatic heterocycles. The van der Waals surface area contributed by atoms with Crippen LogP contribution in [-0.2, 0) is 4.57 Å². The zero-order chi connectivity index (χ0) is 14.4. The van der Waals surface area contributed by atoms with Crippen molar-refractivity contribution in [2.24, 2.45) is 5.11 Å². The van der Waals surface area contributed by atoms with Crippen LogP contribution in [0.1, 0.15) is 6.92 Å². The van der Waals surface area contributed by atoms with Gasteiger partial charge in [-0.3, -0.25) is 0 Å². The second-order valence-corrected chi connectivity index (χ2v) is 6.90. The molecule has 20 heavy (non-hydrogen) atoms. The number of hydrogen-bond acceptors (Lipinski definition) is 2. The van der Waals surface area contributed by atoms with Gasteiger partial charge in [-0.2, -0.15) is 0 Å². The van der Waals surface area contributed by atoms with Crippen LogP contribution in [0, 0.1) is 0 Å². The Kier molecular flexibility index (Phi) is 4.41. The minimum Gasteiger partial charge on any atom is -0.309 e. The molecule has 0 aliphatic carbocycles. The van der Waals surface area contributed by atoms with E-state index in [4.69, 9.17) is 5.53 Å². The monoisotopic (exact) mass is 283 g/mol. The van der Waals surface area contributed by atoms with E-state index >= 15 is 0 Å². The molecular formula is C15H14N3OP. The fourth-order valence-electron chi connectivity index (χ4n) is 1.96. The lowest BCUT2D eigenvalue weighted by molar-refractivity contribution is 0.592. The van der Waals surface area contributed by atoms with E-state index in [9.17, 15) is 4.57 Å². The molecular weight excluding hydrogens is 269 g/mol. The Bertz CT molecular complexity index is 661. The summed E-state index contributed by atoms with van der Waals surface area (Å²) in [5, 5.41) is 4.97. The predicted octanol–water partition coefficient (Wildman–Crippen LogP) is 4.17. The summed E-state index contributed by atoms with van der Waals surface area (Å²) in [5.41, 5.74) is 8.91. The number of hydrogen-bond donors (Lipinski definition) is 0. The molecule has 100 valence electrons. The van der Waals surface area contributed by atoms with Crippen molar-refractivity contribution in [1.82, 2.24) is 0 Å². The summed E-state index contributed by atoms with van der Waals surface area (Å²) < 4.78 is 13.4. The minimum atomic E-state index is -2.94. The lowest BCUT2D eigenvalue weighted by atomic mass is 10.4. The molecule has 2 rings (SSSR count). The largest absolute Gasteiger partial charge is 0.309 e. The van der Waals surface area contributed by atoms with E-state index in [1.165, 1.54) is 0 Å². The van der Waals surface area contributed by atoms with E-state index in [1.54, 1.807) is 12.7 Å². The highest BCUT2D eigenvalue weighted by Gasteiger charge is 2.24. The topological polar surface area (TPSA) is 65.8 Å². The summed E-state index contributed by atoms with van der Waals surface area (Å²) >= 11 is 0. The van der Waals surface area contributed by atoms with Gasteiger partial charge < -0.3 is 4.57 Å². The molecule has 0 heterocycles. The molecule has 0 saturated carbocycles. The first-order chi connectivity index (χ1) is 9.66. The van der Waals surface area contributed by atoms with Gasteiger partial charge >= 0.3 is 0 Å². The lowest BCUT2D eigenvalue weighted by Gasteiger charge is -2.15. The van der Waals surface area contributed by atoms with Crippen LogP contribution in [-0.4, -0.2) is 0 Å². The van der Waals surface area contributed by atoms with Crippen molar-refractivity contribution in [2.75, 3.05) is 0 Å². The fourth-order valence-corrected chi connectivity index (χ4v) is 4.36. The summed E-state index contributed by atoms with van der Waals surface area (Å²) in [5.74, 6) is 1.57. The minimum absolute atomic E-state index is 0.406. The van der Waals surface area contributed by atoms with Gasteiger partial charge in [-0.05, 0) is 18.3 Å². The third-order valence-electron chi connectivity index (χ3n) is 2.85. The Morgan fingerprint density at radius 1 is 1.05 bits per heavy atom. The molecule has 0 spiro atoms. The summed E-state index contributed by atoms with van der Waals surface area (Å²) in [7, 11) is -2.94. The number of allylic oxidation sites excluding steroid dienone is 1. The molecule has 0 N–H and O–H groups in total. The van der Waals surface area contributed by atoms with Gasteiger partial charge in [0.15, 0.2) is 7.14 Å². The molecule has 0 atom stereocenters. The lowest BCUT2D eigenvalue weighted by Crippen LogP contribution is -2.14. The van der Waals surface area contributed by atoms with Crippen molar-refractivity contribution in [2.45, 2.75) is 6.92 Å². The van der Waals surface area contributed by atoms with Crippen LogP contribution in [0.5, 0.6) is 0 Å². The SMILES string of the molecule is C/C(=C/P(=O)(c1ccccc1)c1ccccc1)N=[N+]=[N-]. The van der Waals surface area contributed by atoms with Crippen molar-refractivity contribution in [3.05, 3.63) is 82.6 Å². The first-order valence-electron chi connectivity index (χ1n) is 6.12. The van der Waals surface area contributed by atoms with Gasteiger partial charge in [-0.15, -0.1) is 0 Å². The Balaban J connectivity index is 2.65. The van der Waals surface area contributed by atoms with Crippen LogP contribution in [0.2, 0.25) is 0 Å². The molecule has 0 saturated heterocycles. The van der Waals surface area contributed by atoms with Crippen LogP contribution >= 0.6 is 7.14 Å². The maximum absolute atomic E-state index is 13.4. The molecule has 0 bridgehead atoms. The third-order valence-corrected chi connectivity index (χ3v) is 5.72. The quantitative estimate of drug-likeness (QED) is 0.359. The Morgan fingerprint density at radius 2 is 1.50 bits per heavy atom. The second-order valence-electron chi connectivity index (χ2n) is 4.29. The maximum atomic E-state index is 13.4. The molecule has 0 radical (unpaired) electrons. The average molecular weight is 283 g/mol. The molecule has 5 heteroatoms. The van der Waals surface area contributed by atoms with E-state index in [1.807, 2.05) is 60.7 Å². The van der Waals surface area contributed by atoms with Gasteiger partial charge in [0, 0.05) is 21.2 Å². The van der Waals surface area contributed by atoms with Crippen molar-refractivity contribution < 1.29 is 4.57 Å². The van der Waals surface area contributed by atoms with Crippen molar-refractivity contribution in [3.8, 4) is 0 Å². The van der Waals surface area contributed by atoms with E-state index in [0.29, 0.717) is 5.70 Å². The molecule has 0 aliphatic heterocycles. The van der Waals surface area contributed by atoms with E-state index in [0.717, 1.165) is 10.6 Å². The predicted molar refractivity (Wildman–Crippen MR) is 82.7 cm³/mol.